The van der Waals surface area contributed by atoms with Crippen LogP contribution < -0.4 is 0 Å². The fourth-order valence-corrected chi connectivity index (χ4v) is 9.54. The molecule has 4 nitrogen and oxygen atoms in total. The number of hydrogen-bond acceptors (Lipinski definition) is 3. The summed E-state index contributed by atoms with van der Waals surface area (Å²) >= 11 is 0. The van der Waals surface area contributed by atoms with Crippen molar-refractivity contribution < 1.29 is 52.4 Å². The van der Waals surface area contributed by atoms with E-state index in [1.807, 2.05) is 256 Å². The second kappa shape index (κ2) is 50.2. The van der Waals surface area contributed by atoms with Crippen LogP contribution in [0, 0.1) is 48.5 Å². The molecule has 0 aliphatic carbocycles. The predicted octanol–water partition coefficient (Wildman–Crippen LogP) is 26.0. The summed E-state index contributed by atoms with van der Waals surface area (Å²) in [6, 6.07) is 105. The Hall–Kier alpha value is -9.17. The van der Waals surface area contributed by atoms with E-state index in [1.54, 1.807) is 0 Å². The molecule has 0 saturated carbocycles. The van der Waals surface area contributed by atoms with E-state index < -0.39 is 5.54 Å². The van der Waals surface area contributed by atoms with E-state index in [1.165, 1.54) is 27.8 Å². The van der Waals surface area contributed by atoms with E-state index in [2.05, 4.69) is 195 Å². The van der Waals surface area contributed by atoms with Gasteiger partial charge in [0.15, 0.2) is 0 Å². The normalized spacial score (nSPS) is 10.6. The van der Waals surface area contributed by atoms with E-state index in [0.717, 1.165) is 73.8 Å². The van der Waals surface area contributed by atoms with Gasteiger partial charge in [-0.05, 0) is 78.0 Å². The second-order valence-electron chi connectivity index (χ2n) is 24.8. The zero-order chi connectivity index (χ0) is 71.3. The van der Waals surface area contributed by atoms with E-state index in [-0.39, 0.29) is 52.4 Å². The molecule has 1 unspecified atom stereocenters. The van der Waals surface area contributed by atoms with Gasteiger partial charge in [-0.3, -0.25) is 15.0 Å². The summed E-state index contributed by atoms with van der Waals surface area (Å²) in [6.45, 7) is 48.1. The Labute approximate surface area is 643 Å². The number of aliphatic imine (C=N–C) groups is 1. The minimum atomic E-state index is -0.433. The first-order chi connectivity index (χ1) is 47.2. The molecule has 0 spiro atoms. The van der Waals surface area contributed by atoms with Gasteiger partial charge in [-0.15, -0.1) is 90.6 Å². The molecule has 0 radical (unpaired) electrons. The molecule has 12 aromatic rings. The fourth-order valence-electron chi connectivity index (χ4n) is 9.54. The summed E-state index contributed by atoms with van der Waals surface area (Å²) in [5.74, 6) is 1.75. The molecule has 10 aromatic carbocycles. The van der Waals surface area contributed by atoms with Crippen LogP contribution >= 0.6 is 0 Å². The van der Waals surface area contributed by atoms with Crippen molar-refractivity contribution in [1.82, 2.24) is 9.97 Å². The average molecular weight is 1470 g/mol. The van der Waals surface area contributed by atoms with Crippen molar-refractivity contribution in [2.45, 2.75) is 105 Å². The predicted molar refractivity (Wildman–Crippen MR) is 426 cm³/mol. The Morgan fingerprint density at radius 3 is 0.830 bits per heavy atom. The monoisotopic (exact) mass is 1470 g/mol. The molecule has 0 bridgehead atoms. The third kappa shape index (κ3) is 35.6. The van der Waals surface area contributed by atoms with Crippen LogP contribution in [0.15, 0.2) is 333 Å². The number of para-hydroxylation sites is 2. The van der Waals surface area contributed by atoms with E-state index in [9.17, 15) is 0 Å². The first-order valence-electron chi connectivity index (χ1n) is 33.7. The van der Waals surface area contributed by atoms with Crippen LogP contribution in [0.5, 0.6) is 0 Å². The maximum absolute atomic E-state index is 5.44. The standard InChI is InChI=1S/C26H31N2.C19H24N2.7C7H7.2Zr/c1-19(2)22-14-11-15-23(20(3)4)25(22)28-26(5,24-16-9-10-17-27-24)18-21-12-7-6-8-13-21;1-13(2)16-9-8-10-17(14(3)4)19(16)21-15(5)18-11-6-7-12-20-18;7*1-7-5-3-2-4-6-7;;/h6-17,19-20H,18H2,1-5H3;6-14H,1-5H3;7*2-6H,1H2;;/q-1;;7*-1;2*+4. The minimum Gasteiger partial charge on any atom is -0.674 e. The molecular formula is C94H104N4Zr2. The van der Waals surface area contributed by atoms with Crippen LogP contribution in [0.2, 0.25) is 0 Å². The molecule has 6 heteroatoms. The van der Waals surface area contributed by atoms with Crippen molar-refractivity contribution >= 4 is 17.1 Å². The van der Waals surface area contributed by atoms with Crippen molar-refractivity contribution in [3.05, 3.63) is 460 Å². The maximum Gasteiger partial charge on any atom is 4.00 e. The van der Waals surface area contributed by atoms with Crippen LogP contribution in [-0.4, -0.2) is 15.7 Å². The number of benzene rings is 10. The molecule has 0 aliphatic rings. The molecule has 508 valence electrons. The summed E-state index contributed by atoms with van der Waals surface area (Å²) in [5, 5.41) is 5.44. The minimum absolute atomic E-state index is 0. The molecule has 0 amide bonds. The summed E-state index contributed by atoms with van der Waals surface area (Å²) in [6.07, 6.45) is 4.49. The molecule has 0 N–H and O–H groups in total. The summed E-state index contributed by atoms with van der Waals surface area (Å²) in [7, 11) is 0. The first kappa shape index (κ1) is 86.9. The zero-order valence-electron chi connectivity index (χ0n) is 60.9. The molecule has 0 fully saturated rings. The molecule has 2 heterocycles. The van der Waals surface area contributed by atoms with E-state index in [0.29, 0.717) is 23.7 Å². The SMILES string of the molecule is CC(=Nc1c(C(C)C)cccc1C(C)C)c1ccccn1.CC(C)c1cccc(C(C)C)c1[N-]C(C)(Cc1ccccc1)c1ccccn1.[CH2-]c1ccccc1.[CH2-]c1ccccc1.[CH2-]c1ccccc1.[CH2-]c1ccccc1.[CH2-]c1ccccc1.[CH2-]c1ccccc1.[CH2-]c1ccccc1.[Zr+4].[Zr+4]. The first-order valence-corrected chi connectivity index (χ1v) is 33.7. The Bertz CT molecular complexity index is 3550. The second-order valence-corrected chi connectivity index (χ2v) is 24.8. The Morgan fingerprint density at radius 2 is 0.590 bits per heavy atom. The average Bonchev–Trinajstić information content (AvgIpc) is 0.791. The van der Waals surface area contributed by atoms with Gasteiger partial charge in [-0.1, -0.05) is 200 Å². The number of pyridine rings is 2. The van der Waals surface area contributed by atoms with Gasteiger partial charge in [0, 0.05) is 18.1 Å². The number of hydrogen-bond donors (Lipinski definition) is 0. The number of rotatable bonds is 11. The van der Waals surface area contributed by atoms with Crippen LogP contribution in [0.1, 0.15) is 171 Å². The summed E-state index contributed by atoms with van der Waals surface area (Å²) < 4.78 is 0. The number of nitrogens with zero attached hydrogens (tertiary/aromatic N) is 4. The van der Waals surface area contributed by atoms with Crippen molar-refractivity contribution in [2.75, 3.05) is 0 Å². The molecule has 12 rings (SSSR count). The summed E-state index contributed by atoms with van der Waals surface area (Å²) in [4.78, 5) is 14.0. The van der Waals surface area contributed by atoms with Crippen molar-refractivity contribution in [3.63, 3.8) is 0 Å². The van der Waals surface area contributed by atoms with E-state index in [4.69, 9.17) is 15.3 Å². The molecular weight excluding hydrogens is 1370 g/mol. The topological polar surface area (TPSA) is 52.2 Å². The van der Waals surface area contributed by atoms with Gasteiger partial charge in [-0.25, -0.2) is 0 Å². The zero-order valence-corrected chi connectivity index (χ0v) is 65.8. The maximum atomic E-state index is 5.44. The molecule has 1 atom stereocenters. The van der Waals surface area contributed by atoms with Gasteiger partial charge in [0.1, 0.15) is 0 Å². The third-order valence-electron chi connectivity index (χ3n) is 14.9. The van der Waals surface area contributed by atoms with Crippen molar-refractivity contribution in [3.8, 4) is 0 Å². The third-order valence-corrected chi connectivity index (χ3v) is 14.9. The smallest absolute Gasteiger partial charge is 0.674 e. The Kier molecular flexibility index (Phi) is 43.6. The largest absolute Gasteiger partial charge is 4.00 e. The number of aromatic nitrogens is 2. The quantitative estimate of drug-likeness (QED) is 0.0957. The van der Waals surface area contributed by atoms with Gasteiger partial charge < -0.3 is 5.32 Å². The Balaban J connectivity index is 0.000000411. The van der Waals surface area contributed by atoms with Gasteiger partial charge in [0.25, 0.3) is 0 Å². The molecule has 0 saturated heterocycles. The van der Waals surface area contributed by atoms with E-state index >= 15 is 0 Å². The van der Waals surface area contributed by atoms with Crippen molar-refractivity contribution in [1.29, 1.82) is 0 Å². The van der Waals surface area contributed by atoms with Gasteiger partial charge in [0.05, 0.1) is 17.1 Å². The van der Waals surface area contributed by atoms with Gasteiger partial charge >= 0.3 is 52.4 Å². The molecule has 2 aromatic heterocycles. The van der Waals surface area contributed by atoms with Crippen LogP contribution in [-0.2, 0) is 64.4 Å². The molecule has 0 aliphatic heterocycles. The van der Waals surface area contributed by atoms with Gasteiger partial charge in [0.2, 0.25) is 0 Å². The van der Waals surface area contributed by atoms with Gasteiger partial charge in [-0.2, -0.15) is 172 Å². The van der Waals surface area contributed by atoms with Crippen LogP contribution in [0.3, 0.4) is 0 Å². The van der Waals surface area contributed by atoms with Crippen LogP contribution in [0.4, 0.5) is 11.4 Å². The summed E-state index contributed by atoms with van der Waals surface area (Å²) in [5.41, 5.74) is 18.7. The van der Waals surface area contributed by atoms with Crippen molar-refractivity contribution in [2.24, 2.45) is 4.99 Å². The fraction of sp³-hybridized carbons (Fsp3) is 0.170. The molecule has 100 heavy (non-hydrogen) atoms. The van der Waals surface area contributed by atoms with Crippen LogP contribution in [0.25, 0.3) is 5.32 Å². The Morgan fingerprint density at radius 1 is 0.330 bits per heavy atom.